The highest BCUT2D eigenvalue weighted by Crippen LogP contribution is 2.26. The molecule has 66 valence electrons. The van der Waals surface area contributed by atoms with Crippen LogP contribution in [0, 0.1) is 10.1 Å². The molecule has 0 amide bonds. The summed E-state index contributed by atoms with van der Waals surface area (Å²) in [5.41, 5.74) is 6.21. The van der Waals surface area contributed by atoms with Crippen molar-refractivity contribution >= 4 is 22.3 Å². The highest BCUT2D eigenvalue weighted by molar-refractivity contribution is 5.86. The Morgan fingerprint density at radius 3 is 3.00 bits per heavy atom. The molecule has 1 aromatic carbocycles. The molecule has 0 aliphatic rings. The average molecular weight is 178 g/mol. The first kappa shape index (κ1) is 7.53. The molecule has 1 aromatic heterocycles. The number of nitrogens with two attached hydrogens (primary N) is 1. The van der Waals surface area contributed by atoms with Crippen LogP contribution in [-0.4, -0.2) is 15.1 Å². The van der Waals surface area contributed by atoms with Crippen LogP contribution in [0.4, 0.5) is 11.4 Å². The molecule has 0 spiro atoms. The Morgan fingerprint density at radius 2 is 2.31 bits per heavy atom. The van der Waals surface area contributed by atoms with Crippen LogP contribution >= 0.6 is 0 Å². The zero-order valence-corrected chi connectivity index (χ0v) is 6.52. The van der Waals surface area contributed by atoms with Gasteiger partial charge in [-0.15, -0.1) is 0 Å². The summed E-state index contributed by atoms with van der Waals surface area (Å²) in [4.78, 5) is 9.97. The first-order valence-corrected chi connectivity index (χ1v) is 3.55. The summed E-state index contributed by atoms with van der Waals surface area (Å²) in [6.45, 7) is 0. The van der Waals surface area contributed by atoms with E-state index >= 15 is 0 Å². The molecule has 0 unspecified atom stereocenters. The number of fused-ring (bicyclic) bond motifs is 1. The third kappa shape index (κ3) is 1.08. The van der Waals surface area contributed by atoms with Gasteiger partial charge in [-0.25, -0.2) is 0 Å². The van der Waals surface area contributed by atoms with E-state index in [9.17, 15) is 10.1 Å². The zero-order chi connectivity index (χ0) is 9.42. The van der Waals surface area contributed by atoms with E-state index in [0.29, 0.717) is 10.9 Å². The molecule has 0 bridgehead atoms. The summed E-state index contributed by atoms with van der Waals surface area (Å²) in [5.74, 6) is 0. The number of anilines is 1. The van der Waals surface area contributed by atoms with Gasteiger partial charge in [-0.3, -0.25) is 15.2 Å². The van der Waals surface area contributed by atoms with Crippen LogP contribution in [-0.2, 0) is 0 Å². The van der Waals surface area contributed by atoms with Crippen LogP contribution in [0.15, 0.2) is 18.3 Å². The number of H-pyrrole nitrogens is 1. The molecule has 2 aromatic rings. The van der Waals surface area contributed by atoms with E-state index in [0.717, 1.165) is 0 Å². The number of hydrogen-bond donors (Lipinski definition) is 2. The van der Waals surface area contributed by atoms with Crippen molar-refractivity contribution in [3.05, 3.63) is 28.4 Å². The lowest BCUT2D eigenvalue weighted by Gasteiger charge is -1.95. The maximum absolute atomic E-state index is 10.5. The third-order valence-electron chi connectivity index (χ3n) is 1.78. The van der Waals surface area contributed by atoms with Gasteiger partial charge in [0.15, 0.2) is 0 Å². The normalized spacial score (nSPS) is 10.5. The number of nitrogen functional groups attached to an aromatic ring is 1. The fraction of sp³-hybridized carbons (Fsp3) is 0. The number of nitrogens with one attached hydrogen (secondary N) is 1. The summed E-state index contributed by atoms with van der Waals surface area (Å²) in [7, 11) is 0. The number of nitro benzene ring substituents is 1. The minimum Gasteiger partial charge on any atom is -0.393 e. The molecule has 1 heterocycles. The van der Waals surface area contributed by atoms with Crippen molar-refractivity contribution < 1.29 is 4.92 Å². The summed E-state index contributed by atoms with van der Waals surface area (Å²) in [5, 5.41) is 17.6. The second kappa shape index (κ2) is 2.44. The SMILES string of the molecule is Nc1cc2[nH]ncc2cc1[N+](=O)[O-]. The van der Waals surface area contributed by atoms with Gasteiger partial charge < -0.3 is 5.73 Å². The van der Waals surface area contributed by atoms with Gasteiger partial charge in [-0.05, 0) is 6.07 Å². The van der Waals surface area contributed by atoms with Crippen molar-refractivity contribution in [1.82, 2.24) is 10.2 Å². The molecule has 13 heavy (non-hydrogen) atoms. The van der Waals surface area contributed by atoms with Crippen LogP contribution in [0.2, 0.25) is 0 Å². The average Bonchev–Trinajstić information content (AvgIpc) is 2.48. The van der Waals surface area contributed by atoms with E-state index in [1.54, 1.807) is 0 Å². The van der Waals surface area contributed by atoms with Gasteiger partial charge in [0, 0.05) is 11.5 Å². The van der Waals surface area contributed by atoms with Gasteiger partial charge in [0.2, 0.25) is 0 Å². The molecule has 6 heteroatoms. The summed E-state index contributed by atoms with van der Waals surface area (Å²) >= 11 is 0. The Kier molecular flexibility index (Phi) is 1.42. The second-order valence-corrected chi connectivity index (χ2v) is 2.63. The maximum Gasteiger partial charge on any atom is 0.292 e. The zero-order valence-electron chi connectivity index (χ0n) is 6.52. The van der Waals surface area contributed by atoms with E-state index in [1.165, 1.54) is 18.3 Å². The van der Waals surface area contributed by atoms with Gasteiger partial charge in [-0.2, -0.15) is 5.10 Å². The van der Waals surface area contributed by atoms with Gasteiger partial charge in [0.1, 0.15) is 5.69 Å². The third-order valence-corrected chi connectivity index (χ3v) is 1.78. The number of rotatable bonds is 1. The first-order chi connectivity index (χ1) is 6.18. The fourth-order valence-corrected chi connectivity index (χ4v) is 1.15. The van der Waals surface area contributed by atoms with Gasteiger partial charge in [-0.1, -0.05) is 0 Å². The van der Waals surface area contributed by atoms with Gasteiger partial charge >= 0.3 is 0 Å². The summed E-state index contributed by atoms with van der Waals surface area (Å²) < 4.78 is 0. The van der Waals surface area contributed by atoms with Gasteiger partial charge in [0.25, 0.3) is 5.69 Å². The highest BCUT2D eigenvalue weighted by Gasteiger charge is 2.12. The Morgan fingerprint density at radius 1 is 1.54 bits per heavy atom. The molecule has 0 atom stereocenters. The van der Waals surface area contributed by atoms with Crippen LogP contribution in [0.3, 0.4) is 0 Å². The molecule has 0 fully saturated rings. The predicted octanol–water partition coefficient (Wildman–Crippen LogP) is 1.05. The van der Waals surface area contributed by atoms with Crippen LogP contribution in [0.5, 0.6) is 0 Å². The first-order valence-electron chi connectivity index (χ1n) is 3.55. The second-order valence-electron chi connectivity index (χ2n) is 2.63. The van der Waals surface area contributed by atoms with Gasteiger partial charge in [0.05, 0.1) is 16.6 Å². The lowest BCUT2D eigenvalue weighted by atomic mass is 10.2. The summed E-state index contributed by atoms with van der Waals surface area (Å²) in [6, 6.07) is 2.90. The topological polar surface area (TPSA) is 97.8 Å². The maximum atomic E-state index is 10.5. The number of hydrogen-bond acceptors (Lipinski definition) is 4. The Hall–Kier alpha value is -2.11. The van der Waals surface area contributed by atoms with Crippen LogP contribution in [0.1, 0.15) is 0 Å². The minimum absolute atomic E-state index is 0.0890. The van der Waals surface area contributed by atoms with E-state index in [2.05, 4.69) is 10.2 Å². The van der Waals surface area contributed by atoms with Crippen molar-refractivity contribution in [2.75, 3.05) is 5.73 Å². The molecule has 0 saturated carbocycles. The minimum atomic E-state index is -0.512. The monoisotopic (exact) mass is 178 g/mol. The molecule has 6 nitrogen and oxygen atoms in total. The van der Waals surface area contributed by atoms with E-state index in [-0.39, 0.29) is 11.4 Å². The number of aromatic nitrogens is 2. The summed E-state index contributed by atoms with van der Waals surface area (Å²) in [6.07, 6.45) is 1.52. The lowest BCUT2D eigenvalue weighted by molar-refractivity contribution is -0.383. The van der Waals surface area contributed by atoms with Crippen molar-refractivity contribution in [3.8, 4) is 0 Å². The number of nitro groups is 1. The smallest absolute Gasteiger partial charge is 0.292 e. The van der Waals surface area contributed by atoms with E-state index < -0.39 is 4.92 Å². The van der Waals surface area contributed by atoms with Crippen molar-refractivity contribution in [2.24, 2.45) is 0 Å². The molecule has 0 aliphatic heterocycles. The highest BCUT2D eigenvalue weighted by atomic mass is 16.6. The standard InChI is InChI=1S/C7H6N4O2/c8-5-2-6-4(3-9-10-6)1-7(5)11(12)13/h1-3H,8H2,(H,9,10). The Bertz CT molecular complexity index is 476. The van der Waals surface area contributed by atoms with Crippen LogP contribution < -0.4 is 5.73 Å². The molecular formula is C7H6N4O2. The van der Waals surface area contributed by atoms with Crippen molar-refractivity contribution in [3.63, 3.8) is 0 Å². The molecule has 0 aliphatic carbocycles. The molecule has 2 rings (SSSR count). The Labute approximate surface area is 72.5 Å². The van der Waals surface area contributed by atoms with Crippen LogP contribution in [0.25, 0.3) is 10.9 Å². The molecule has 0 saturated heterocycles. The number of benzene rings is 1. The van der Waals surface area contributed by atoms with E-state index in [4.69, 9.17) is 5.73 Å². The quantitative estimate of drug-likeness (QED) is 0.387. The lowest BCUT2D eigenvalue weighted by Crippen LogP contribution is -1.94. The predicted molar refractivity (Wildman–Crippen MR) is 47.2 cm³/mol. The molecule has 0 radical (unpaired) electrons. The Balaban J connectivity index is 2.76. The number of aromatic amines is 1. The van der Waals surface area contributed by atoms with E-state index in [1.807, 2.05) is 0 Å². The molecule has 3 N–H and O–H groups in total. The fourth-order valence-electron chi connectivity index (χ4n) is 1.15. The number of nitrogens with zero attached hydrogens (tertiary/aromatic N) is 2. The van der Waals surface area contributed by atoms with Crippen molar-refractivity contribution in [2.45, 2.75) is 0 Å². The van der Waals surface area contributed by atoms with Crippen molar-refractivity contribution in [1.29, 1.82) is 0 Å². The largest absolute Gasteiger partial charge is 0.393 e. The molecular weight excluding hydrogens is 172 g/mol.